The Balaban J connectivity index is 1.76. The molecule has 0 saturated heterocycles. The lowest BCUT2D eigenvalue weighted by molar-refractivity contribution is -0.112. The van der Waals surface area contributed by atoms with Crippen molar-refractivity contribution < 1.29 is 14.3 Å². The quantitative estimate of drug-likeness (QED) is 0.330. The van der Waals surface area contributed by atoms with Gasteiger partial charge in [-0.05, 0) is 42.3 Å². The summed E-state index contributed by atoms with van der Waals surface area (Å²) in [6.07, 6.45) is 2.17. The van der Waals surface area contributed by atoms with Crippen molar-refractivity contribution in [2.24, 2.45) is 0 Å². The van der Waals surface area contributed by atoms with Gasteiger partial charge in [0.25, 0.3) is 5.91 Å². The Kier molecular flexibility index (Phi) is 8.06. The van der Waals surface area contributed by atoms with E-state index in [0.29, 0.717) is 44.2 Å². The molecule has 0 saturated carbocycles. The van der Waals surface area contributed by atoms with Crippen LogP contribution >= 0.6 is 34.5 Å². The van der Waals surface area contributed by atoms with E-state index in [2.05, 4.69) is 15.5 Å². The SMILES string of the molecule is CCc1nnc(NC(=O)C(C#N)=Cc2ccc(OCc3c(Cl)cccc3Cl)c(OC)c2)s1. The molecule has 3 rings (SSSR count). The van der Waals surface area contributed by atoms with Crippen LogP contribution in [-0.4, -0.2) is 23.2 Å². The fraction of sp³-hybridized carbons (Fsp3) is 0.182. The summed E-state index contributed by atoms with van der Waals surface area (Å²) < 4.78 is 11.2. The first-order valence-corrected chi connectivity index (χ1v) is 11.0. The second kappa shape index (κ2) is 11.0. The first kappa shape index (κ1) is 23.5. The van der Waals surface area contributed by atoms with Crippen LogP contribution in [-0.2, 0) is 17.8 Å². The van der Waals surface area contributed by atoms with E-state index >= 15 is 0 Å². The highest BCUT2D eigenvalue weighted by atomic mass is 35.5. The molecule has 0 aliphatic rings. The maximum absolute atomic E-state index is 12.4. The Morgan fingerprint density at radius 2 is 1.97 bits per heavy atom. The first-order chi connectivity index (χ1) is 15.4. The Bertz CT molecular complexity index is 1180. The van der Waals surface area contributed by atoms with Gasteiger partial charge in [0.15, 0.2) is 11.5 Å². The Morgan fingerprint density at radius 1 is 1.22 bits per heavy atom. The summed E-state index contributed by atoms with van der Waals surface area (Å²) in [7, 11) is 1.50. The fourth-order valence-corrected chi connectivity index (χ4v) is 3.82. The highest BCUT2D eigenvalue weighted by Crippen LogP contribution is 2.32. The summed E-state index contributed by atoms with van der Waals surface area (Å²) in [6, 6.07) is 12.2. The standard InChI is InChI=1S/C22H18Cl2N4O3S/c1-3-20-27-28-22(32-20)26-21(29)14(11-25)9-13-7-8-18(19(10-13)30-2)31-12-15-16(23)5-4-6-17(15)24/h4-10H,3,12H2,1-2H3,(H,26,28,29). The van der Waals surface area contributed by atoms with Crippen LogP contribution in [0.1, 0.15) is 23.1 Å². The van der Waals surface area contributed by atoms with Gasteiger partial charge in [-0.1, -0.05) is 53.6 Å². The van der Waals surface area contributed by atoms with Gasteiger partial charge < -0.3 is 9.47 Å². The number of nitrogens with one attached hydrogen (secondary N) is 1. The van der Waals surface area contributed by atoms with E-state index in [9.17, 15) is 10.1 Å². The minimum Gasteiger partial charge on any atom is -0.493 e. The number of aromatic nitrogens is 2. The van der Waals surface area contributed by atoms with Crippen molar-refractivity contribution in [3.8, 4) is 17.6 Å². The van der Waals surface area contributed by atoms with Crippen molar-refractivity contribution >= 4 is 51.7 Å². The number of hydrogen-bond acceptors (Lipinski definition) is 7. The van der Waals surface area contributed by atoms with Gasteiger partial charge in [0.1, 0.15) is 23.3 Å². The molecule has 0 aliphatic carbocycles. The number of anilines is 1. The van der Waals surface area contributed by atoms with E-state index < -0.39 is 5.91 Å². The highest BCUT2D eigenvalue weighted by Gasteiger charge is 2.14. The Labute approximate surface area is 199 Å². The number of ether oxygens (including phenoxy) is 2. The number of carbonyl (C=O) groups is 1. The number of rotatable bonds is 8. The molecule has 0 aliphatic heterocycles. The van der Waals surface area contributed by atoms with Crippen molar-refractivity contribution in [1.29, 1.82) is 5.26 Å². The van der Waals surface area contributed by atoms with Crippen molar-refractivity contribution in [3.63, 3.8) is 0 Å². The summed E-state index contributed by atoms with van der Waals surface area (Å²) >= 11 is 13.6. The molecule has 0 spiro atoms. The number of nitriles is 1. The van der Waals surface area contributed by atoms with E-state index in [4.69, 9.17) is 32.7 Å². The monoisotopic (exact) mass is 488 g/mol. The number of nitrogens with zero attached hydrogens (tertiary/aromatic N) is 3. The third kappa shape index (κ3) is 5.77. The van der Waals surface area contributed by atoms with Crippen LogP contribution in [0.4, 0.5) is 5.13 Å². The van der Waals surface area contributed by atoms with Crippen LogP contribution in [0.2, 0.25) is 10.0 Å². The number of carbonyl (C=O) groups excluding carboxylic acids is 1. The largest absolute Gasteiger partial charge is 0.493 e. The van der Waals surface area contributed by atoms with Crippen LogP contribution in [0.5, 0.6) is 11.5 Å². The third-order valence-electron chi connectivity index (χ3n) is 4.29. The molecule has 32 heavy (non-hydrogen) atoms. The third-order valence-corrected chi connectivity index (χ3v) is 5.98. The minimum atomic E-state index is -0.570. The summed E-state index contributed by atoms with van der Waals surface area (Å²) in [5.74, 6) is 0.319. The van der Waals surface area contributed by atoms with Crippen LogP contribution < -0.4 is 14.8 Å². The lowest BCUT2D eigenvalue weighted by Crippen LogP contribution is -2.13. The van der Waals surface area contributed by atoms with Crippen molar-refractivity contribution in [3.05, 3.63) is 68.2 Å². The molecule has 0 fully saturated rings. The van der Waals surface area contributed by atoms with Crippen LogP contribution in [0, 0.1) is 11.3 Å². The van der Waals surface area contributed by atoms with E-state index in [1.54, 1.807) is 36.4 Å². The van der Waals surface area contributed by atoms with E-state index in [1.807, 2.05) is 13.0 Å². The Morgan fingerprint density at radius 3 is 2.59 bits per heavy atom. The van der Waals surface area contributed by atoms with Crippen molar-refractivity contribution in [2.45, 2.75) is 20.0 Å². The van der Waals surface area contributed by atoms with Crippen LogP contribution in [0.25, 0.3) is 6.08 Å². The Hall–Kier alpha value is -3.12. The van der Waals surface area contributed by atoms with Gasteiger partial charge >= 0.3 is 0 Å². The van der Waals surface area contributed by atoms with E-state index in [-0.39, 0.29) is 12.2 Å². The lowest BCUT2D eigenvalue weighted by Gasteiger charge is -2.13. The number of benzene rings is 2. The minimum absolute atomic E-state index is 0.0863. The molecule has 10 heteroatoms. The van der Waals surface area contributed by atoms with Crippen LogP contribution in [0.15, 0.2) is 42.0 Å². The fourth-order valence-electron chi connectivity index (χ4n) is 2.64. The lowest BCUT2D eigenvalue weighted by atomic mass is 10.1. The molecule has 0 atom stereocenters. The maximum Gasteiger partial charge on any atom is 0.268 e. The van der Waals surface area contributed by atoms with Gasteiger partial charge in [-0.2, -0.15) is 5.26 Å². The predicted molar refractivity (Wildman–Crippen MR) is 125 cm³/mol. The summed E-state index contributed by atoms with van der Waals surface area (Å²) in [5.41, 5.74) is 1.16. The summed E-state index contributed by atoms with van der Waals surface area (Å²) in [6.45, 7) is 2.09. The van der Waals surface area contributed by atoms with Gasteiger partial charge in [-0.3, -0.25) is 10.1 Å². The average molecular weight is 489 g/mol. The summed E-state index contributed by atoms with van der Waals surface area (Å²) in [5, 5.41) is 22.0. The zero-order valence-corrected chi connectivity index (χ0v) is 19.5. The molecule has 1 amide bonds. The van der Waals surface area contributed by atoms with Gasteiger partial charge in [-0.25, -0.2) is 0 Å². The second-order valence-corrected chi connectivity index (χ2v) is 8.25. The molecule has 1 heterocycles. The molecular weight excluding hydrogens is 471 g/mol. The molecule has 164 valence electrons. The number of aryl methyl sites for hydroxylation is 1. The van der Waals surface area contributed by atoms with Gasteiger partial charge in [0.2, 0.25) is 5.13 Å². The van der Waals surface area contributed by atoms with Crippen molar-refractivity contribution in [1.82, 2.24) is 10.2 Å². The molecule has 7 nitrogen and oxygen atoms in total. The second-order valence-electron chi connectivity index (χ2n) is 6.38. The summed E-state index contributed by atoms with van der Waals surface area (Å²) in [4.78, 5) is 12.4. The number of hydrogen-bond donors (Lipinski definition) is 1. The normalized spacial score (nSPS) is 11.0. The molecule has 1 aromatic heterocycles. The van der Waals surface area contributed by atoms with E-state index in [1.165, 1.54) is 24.5 Å². The first-order valence-electron chi connectivity index (χ1n) is 9.44. The maximum atomic E-state index is 12.4. The van der Waals surface area contributed by atoms with Crippen LogP contribution in [0.3, 0.4) is 0 Å². The topological polar surface area (TPSA) is 97.1 Å². The van der Waals surface area contributed by atoms with Gasteiger partial charge in [0.05, 0.1) is 7.11 Å². The smallest absolute Gasteiger partial charge is 0.268 e. The zero-order valence-electron chi connectivity index (χ0n) is 17.2. The van der Waals surface area contributed by atoms with Gasteiger partial charge in [0, 0.05) is 15.6 Å². The average Bonchev–Trinajstić information content (AvgIpc) is 3.25. The number of amides is 1. The molecule has 0 radical (unpaired) electrons. The molecule has 3 aromatic rings. The van der Waals surface area contributed by atoms with E-state index in [0.717, 1.165) is 5.01 Å². The number of methoxy groups -OCH3 is 1. The van der Waals surface area contributed by atoms with Gasteiger partial charge in [-0.15, -0.1) is 10.2 Å². The molecule has 0 bridgehead atoms. The highest BCUT2D eigenvalue weighted by molar-refractivity contribution is 7.15. The predicted octanol–water partition coefficient (Wildman–Crippen LogP) is 5.54. The van der Waals surface area contributed by atoms with Crippen molar-refractivity contribution in [2.75, 3.05) is 12.4 Å². The molecule has 2 aromatic carbocycles. The molecule has 1 N–H and O–H groups in total. The number of halogens is 2. The zero-order chi connectivity index (χ0) is 23.1. The molecular formula is C22H18Cl2N4O3S. The molecule has 0 unspecified atom stereocenters.